The normalized spacial score (nSPS) is 10.2. The second kappa shape index (κ2) is 30.6. The molecule has 0 aromatic carbocycles. The van der Waals surface area contributed by atoms with Gasteiger partial charge in [-0.3, -0.25) is 0 Å². The van der Waals surface area contributed by atoms with Gasteiger partial charge in [0.25, 0.3) is 0 Å². The highest BCUT2D eigenvalue weighted by Crippen LogP contribution is 2.12. The third-order valence-electron chi connectivity index (χ3n) is 6.37. The largest absolute Gasteiger partial charge is 0.456 e. The van der Waals surface area contributed by atoms with Gasteiger partial charge >= 0.3 is 11.9 Å². The molecule has 0 heterocycles. The molecule has 0 saturated heterocycles. The third-order valence-corrected chi connectivity index (χ3v) is 6.78. The molecule has 0 rings (SSSR count). The maximum absolute atomic E-state index is 11.6. The van der Waals surface area contributed by atoms with E-state index in [-0.39, 0.29) is 0 Å². The zero-order valence-corrected chi connectivity index (χ0v) is 24.8. The van der Waals surface area contributed by atoms with E-state index in [4.69, 9.17) is 9.47 Å². The molecule has 212 valence electrons. The summed E-state index contributed by atoms with van der Waals surface area (Å²) < 4.78 is 10.2. The lowest BCUT2D eigenvalue weighted by Gasteiger charge is -2.03. The van der Waals surface area contributed by atoms with Gasteiger partial charge in [0.05, 0.1) is 13.2 Å². The van der Waals surface area contributed by atoms with Gasteiger partial charge in [0.15, 0.2) is 0 Å². The first-order valence-corrected chi connectivity index (χ1v) is 16.0. The molecule has 4 nitrogen and oxygen atoms in total. The van der Waals surface area contributed by atoms with E-state index in [1.54, 1.807) is 0 Å². The maximum atomic E-state index is 11.6. The summed E-state index contributed by atoms with van der Waals surface area (Å²) in [6.07, 6.45) is 27.7. The van der Waals surface area contributed by atoms with E-state index < -0.39 is 11.9 Å². The summed E-state index contributed by atoms with van der Waals surface area (Å²) in [7, 11) is 0. The number of thioether (sulfide) groups is 1. The second-order valence-electron chi connectivity index (χ2n) is 9.90. The summed E-state index contributed by atoms with van der Waals surface area (Å²) in [6, 6.07) is 0. The molecular weight excluding hydrogens is 480 g/mol. The monoisotopic (exact) mass is 534 g/mol. The molecule has 0 amide bonds. The van der Waals surface area contributed by atoms with E-state index in [1.807, 2.05) is 0 Å². The van der Waals surface area contributed by atoms with E-state index in [0.717, 1.165) is 37.4 Å². The molecule has 5 heteroatoms. The second-order valence-corrected chi connectivity index (χ2v) is 10.5. The van der Waals surface area contributed by atoms with Crippen molar-refractivity contribution in [2.24, 2.45) is 0 Å². The van der Waals surface area contributed by atoms with Crippen molar-refractivity contribution in [2.75, 3.05) is 13.2 Å². The van der Waals surface area contributed by atoms with Gasteiger partial charge in [-0.05, 0) is 23.3 Å². The van der Waals surface area contributed by atoms with Crippen LogP contribution < -0.4 is 0 Å². The van der Waals surface area contributed by atoms with Crippen LogP contribution in [-0.2, 0) is 19.1 Å². The molecule has 37 heavy (non-hydrogen) atoms. The standard InChI is InChI=1S/C32H54O4S/c1-3-5-7-9-11-13-15-17-19-21-23-27-35-31(33)25-29-37-30-26-32(34)36-28-24-22-20-18-16-14-12-10-8-6-4-2/h3-24,27-28H2,1-2H3. The van der Waals surface area contributed by atoms with Crippen molar-refractivity contribution in [3.63, 3.8) is 0 Å². The van der Waals surface area contributed by atoms with E-state index >= 15 is 0 Å². The minimum absolute atomic E-state index is 0.409. The van der Waals surface area contributed by atoms with Crippen LogP contribution in [0.25, 0.3) is 0 Å². The molecule has 0 saturated carbocycles. The topological polar surface area (TPSA) is 52.6 Å². The summed E-state index contributed by atoms with van der Waals surface area (Å²) in [5.41, 5.74) is 0. The van der Waals surface area contributed by atoms with Crippen molar-refractivity contribution in [2.45, 2.75) is 155 Å². The van der Waals surface area contributed by atoms with Gasteiger partial charge in [0, 0.05) is 23.6 Å². The predicted octanol–water partition coefficient (Wildman–Crippen LogP) is 9.35. The van der Waals surface area contributed by atoms with Gasteiger partial charge in [0.2, 0.25) is 0 Å². The van der Waals surface area contributed by atoms with Crippen molar-refractivity contribution in [1.29, 1.82) is 0 Å². The average Bonchev–Trinajstić information content (AvgIpc) is 2.89. The lowest BCUT2D eigenvalue weighted by atomic mass is 10.1. The first kappa shape index (κ1) is 35.4. The molecule has 0 atom stereocenters. The van der Waals surface area contributed by atoms with Crippen LogP contribution in [0.15, 0.2) is 0 Å². The quantitative estimate of drug-likeness (QED) is 0.0701. The first-order valence-electron chi connectivity index (χ1n) is 15.2. The molecule has 0 N–H and O–H groups in total. The molecule has 0 unspecified atom stereocenters. The number of hydrogen-bond acceptors (Lipinski definition) is 5. The summed E-state index contributed by atoms with van der Waals surface area (Å²) in [5, 5.41) is 5.12. The van der Waals surface area contributed by atoms with Crippen LogP contribution >= 0.6 is 11.8 Å². The molecule has 0 bridgehead atoms. The van der Waals surface area contributed by atoms with Gasteiger partial charge in [-0.2, -0.15) is 0 Å². The van der Waals surface area contributed by atoms with Gasteiger partial charge in [-0.25, -0.2) is 9.59 Å². The fraction of sp³-hybridized carbons (Fsp3) is 0.812. The van der Waals surface area contributed by atoms with E-state index in [1.165, 1.54) is 116 Å². The number of carbonyl (C=O) groups is 2. The Bertz CT molecular complexity index is 597. The highest BCUT2D eigenvalue weighted by molar-refractivity contribution is 8.08. The Kier molecular flexibility index (Phi) is 29.3. The van der Waals surface area contributed by atoms with Crippen molar-refractivity contribution in [3.8, 4) is 22.3 Å². The molecule has 0 aromatic rings. The zero-order valence-electron chi connectivity index (χ0n) is 24.0. The summed E-state index contributed by atoms with van der Waals surface area (Å²) >= 11 is 0.908. The van der Waals surface area contributed by atoms with Gasteiger partial charge in [-0.15, -0.1) is 0 Å². The third kappa shape index (κ3) is 30.5. The van der Waals surface area contributed by atoms with Crippen LogP contribution in [0.2, 0.25) is 0 Å². The summed E-state index contributed by atoms with van der Waals surface area (Å²) in [6.45, 7) is 5.32. The summed E-state index contributed by atoms with van der Waals surface area (Å²) in [5.74, 6) is 3.69. The number of hydrogen-bond donors (Lipinski definition) is 0. The zero-order chi connectivity index (χ0) is 27.1. The van der Waals surface area contributed by atoms with Crippen molar-refractivity contribution < 1.29 is 19.1 Å². The predicted molar refractivity (Wildman–Crippen MR) is 158 cm³/mol. The molecular formula is C32H54O4S. The van der Waals surface area contributed by atoms with E-state index in [0.29, 0.717) is 13.2 Å². The maximum Gasteiger partial charge on any atom is 0.385 e. The number of rotatable bonds is 24. The SMILES string of the molecule is CCCCCCCCCCCCCOC(=O)C#CSC#CC(=O)OCCCCCCCCCCCCC. The Morgan fingerprint density at radius 3 is 1.03 bits per heavy atom. The molecule has 0 fully saturated rings. The van der Waals surface area contributed by atoms with Crippen LogP contribution in [0.1, 0.15) is 155 Å². The van der Waals surface area contributed by atoms with Crippen LogP contribution in [0.5, 0.6) is 0 Å². The molecule has 0 aliphatic rings. The van der Waals surface area contributed by atoms with Gasteiger partial charge in [0.1, 0.15) is 0 Å². The average molecular weight is 535 g/mol. The highest BCUT2D eigenvalue weighted by Gasteiger charge is 1.99. The summed E-state index contributed by atoms with van der Waals surface area (Å²) in [4.78, 5) is 23.2. The Hall–Kier alpha value is -1.59. The van der Waals surface area contributed by atoms with Crippen molar-refractivity contribution in [1.82, 2.24) is 0 Å². The molecule has 0 spiro atoms. The molecule has 0 aliphatic heterocycles. The van der Waals surface area contributed by atoms with E-state index in [2.05, 4.69) is 36.2 Å². The minimum atomic E-state index is -0.541. The molecule has 0 aromatic heterocycles. The smallest absolute Gasteiger partial charge is 0.385 e. The number of unbranched alkanes of at least 4 members (excludes halogenated alkanes) is 20. The van der Waals surface area contributed by atoms with Crippen molar-refractivity contribution in [3.05, 3.63) is 0 Å². The van der Waals surface area contributed by atoms with Gasteiger partial charge in [-0.1, -0.05) is 142 Å². The fourth-order valence-electron chi connectivity index (χ4n) is 4.09. The van der Waals surface area contributed by atoms with Crippen LogP contribution in [0.3, 0.4) is 0 Å². The number of esters is 2. The lowest BCUT2D eigenvalue weighted by molar-refractivity contribution is -0.137. The van der Waals surface area contributed by atoms with Crippen LogP contribution in [0, 0.1) is 22.3 Å². The number of carbonyl (C=O) groups excluding carboxylic acids is 2. The molecule has 0 radical (unpaired) electrons. The van der Waals surface area contributed by atoms with E-state index in [9.17, 15) is 9.59 Å². The van der Waals surface area contributed by atoms with Crippen LogP contribution in [0.4, 0.5) is 0 Å². The Morgan fingerprint density at radius 1 is 0.459 bits per heavy atom. The fourth-order valence-corrected chi connectivity index (χ4v) is 4.41. The Labute approximate surface area is 233 Å². The number of ether oxygens (including phenoxy) is 2. The molecule has 0 aliphatic carbocycles. The first-order chi connectivity index (χ1) is 18.2. The van der Waals surface area contributed by atoms with Gasteiger partial charge < -0.3 is 9.47 Å². The lowest BCUT2D eigenvalue weighted by Crippen LogP contribution is -2.02. The minimum Gasteiger partial charge on any atom is -0.456 e. The Balaban J connectivity index is 3.49. The van der Waals surface area contributed by atoms with Crippen molar-refractivity contribution >= 4 is 23.7 Å². The van der Waals surface area contributed by atoms with Crippen LogP contribution in [-0.4, -0.2) is 25.2 Å². The Morgan fingerprint density at radius 2 is 0.730 bits per heavy atom. The highest BCUT2D eigenvalue weighted by atomic mass is 32.2.